The zero-order valence-electron chi connectivity index (χ0n) is 11.1. The second-order valence-corrected chi connectivity index (χ2v) is 4.52. The van der Waals surface area contributed by atoms with Gasteiger partial charge in [0.05, 0.1) is 0 Å². The molecule has 18 heavy (non-hydrogen) atoms. The minimum Gasteiger partial charge on any atom is -0.481 e. The summed E-state index contributed by atoms with van der Waals surface area (Å²) in [5.74, 6) is -0.702. The lowest BCUT2D eigenvalue weighted by atomic mass is 10.1. The van der Waals surface area contributed by atoms with Crippen molar-refractivity contribution in [2.24, 2.45) is 0 Å². The van der Waals surface area contributed by atoms with E-state index < -0.39 is 5.97 Å². The number of carboxylic acid groups (broad SMARTS) is 1. The predicted molar refractivity (Wildman–Crippen MR) is 76.2 cm³/mol. The fraction of sp³-hybridized carbons (Fsp3) is 0.500. The van der Waals surface area contributed by atoms with Crippen LogP contribution in [0.5, 0.6) is 0 Å². The van der Waals surface area contributed by atoms with E-state index in [0.717, 1.165) is 25.9 Å². The summed E-state index contributed by atoms with van der Waals surface area (Å²) in [5, 5.41) is 8.54. The van der Waals surface area contributed by atoms with Crippen LogP contribution in [0, 0.1) is 6.92 Å². The van der Waals surface area contributed by atoms with Gasteiger partial charge in [0.15, 0.2) is 0 Å². The fourth-order valence-electron chi connectivity index (χ4n) is 1.82. The first kappa shape index (κ1) is 16.9. The van der Waals surface area contributed by atoms with Crippen LogP contribution in [0.3, 0.4) is 0 Å². The quantitative estimate of drug-likeness (QED) is 0.775. The highest BCUT2D eigenvalue weighted by atomic mass is 35.5. The van der Waals surface area contributed by atoms with Crippen molar-refractivity contribution in [1.82, 2.24) is 4.90 Å². The highest BCUT2D eigenvalue weighted by molar-refractivity contribution is 5.85. The van der Waals surface area contributed by atoms with Crippen molar-refractivity contribution in [3.63, 3.8) is 0 Å². The second kappa shape index (κ2) is 8.95. The van der Waals surface area contributed by atoms with Crippen LogP contribution in [-0.4, -0.2) is 29.6 Å². The monoisotopic (exact) mass is 271 g/mol. The van der Waals surface area contributed by atoms with Gasteiger partial charge in [-0.2, -0.15) is 0 Å². The first-order chi connectivity index (χ1) is 8.09. The van der Waals surface area contributed by atoms with Crippen LogP contribution >= 0.6 is 12.4 Å². The Morgan fingerprint density at radius 1 is 1.28 bits per heavy atom. The van der Waals surface area contributed by atoms with Crippen molar-refractivity contribution >= 4 is 18.4 Å². The number of rotatable bonds is 7. The van der Waals surface area contributed by atoms with Crippen LogP contribution in [0.25, 0.3) is 0 Å². The van der Waals surface area contributed by atoms with Gasteiger partial charge in [-0.25, -0.2) is 0 Å². The van der Waals surface area contributed by atoms with Gasteiger partial charge in [0, 0.05) is 13.0 Å². The van der Waals surface area contributed by atoms with Crippen LogP contribution in [0.4, 0.5) is 0 Å². The van der Waals surface area contributed by atoms with Crippen molar-refractivity contribution in [1.29, 1.82) is 0 Å². The fourth-order valence-corrected chi connectivity index (χ4v) is 1.82. The number of hydrogen-bond donors (Lipinski definition) is 1. The Labute approximate surface area is 115 Å². The average molecular weight is 272 g/mol. The minimum absolute atomic E-state index is 0. The zero-order chi connectivity index (χ0) is 12.7. The maximum absolute atomic E-state index is 10.4. The summed E-state index contributed by atoms with van der Waals surface area (Å²) < 4.78 is 0. The Morgan fingerprint density at radius 2 is 1.94 bits per heavy atom. The van der Waals surface area contributed by atoms with E-state index in [9.17, 15) is 4.79 Å². The Balaban J connectivity index is 0.00000289. The maximum atomic E-state index is 10.4. The predicted octanol–water partition coefficient (Wildman–Crippen LogP) is 3.10. The Hall–Kier alpha value is -1.06. The molecule has 0 radical (unpaired) electrons. The molecule has 0 aliphatic rings. The normalized spacial score (nSPS) is 10.2. The van der Waals surface area contributed by atoms with Crippen molar-refractivity contribution < 1.29 is 9.90 Å². The zero-order valence-corrected chi connectivity index (χ0v) is 11.9. The third-order valence-corrected chi connectivity index (χ3v) is 2.88. The molecule has 1 N–H and O–H groups in total. The van der Waals surface area contributed by atoms with Gasteiger partial charge >= 0.3 is 5.97 Å². The number of hydrogen-bond acceptors (Lipinski definition) is 2. The molecule has 0 fully saturated rings. The smallest absolute Gasteiger partial charge is 0.303 e. The average Bonchev–Trinajstić information content (AvgIpc) is 2.27. The van der Waals surface area contributed by atoms with E-state index in [1.165, 1.54) is 11.1 Å². The Bertz CT molecular complexity index is 369. The number of aliphatic carboxylic acids is 1. The molecule has 1 aromatic carbocycles. The van der Waals surface area contributed by atoms with E-state index in [1.54, 1.807) is 0 Å². The molecule has 0 aromatic heterocycles. The highest BCUT2D eigenvalue weighted by Gasteiger charge is 2.03. The lowest BCUT2D eigenvalue weighted by Gasteiger charge is -2.17. The summed E-state index contributed by atoms with van der Waals surface area (Å²) >= 11 is 0. The van der Waals surface area contributed by atoms with Gasteiger partial charge < -0.3 is 10.0 Å². The molecule has 1 rings (SSSR count). The molecular weight excluding hydrogens is 250 g/mol. The van der Waals surface area contributed by atoms with Crippen molar-refractivity contribution in [3.05, 3.63) is 35.4 Å². The Morgan fingerprint density at radius 3 is 2.56 bits per heavy atom. The van der Waals surface area contributed by atoms with E-state index >= 15 is 0 Å². The van der Waals surface area contributed by atoms with Crippen LogP contribution in [0.1, 0.15) is 30.4 Å². The van der Waals surface area contributed by atoms with Crippen molar-refractivity contribution in [3.8, 4) is 0 Å². The second-order valence-electron chi connectivity index (χ2n) is 4.52. The highest BCUT2D eigenvalue weighted by Crippen LogP contribution is 2.10. The van der Waals surface area contributed by atoms with Crippen LogP contribution in [0.2, 0.25) is 0 Å². The third-order valence-electron chi connectivity index (χ3n) is 2.88. The standard InChI is InChI=1S/C14H21NO2.ClH/c1-12-7-3-4-8-13(12)11-15(2)10-6-5-9-14(16)17;/h3-4,7-8H,5-6,9-11H2,1-2H3,(H,16,17);1H. The molecule has 0 atom stereocenters. The summed E-state index contributed by atoms with van der Waals surface area (Å²) in [6.07, 6.45) is 1.97. The van der Waals surface area contributed by atoms with Gasteiger partial charge in [0.25, 0.3) is 0 Å². The van der Waals surface area contributed by atoms with E-state index in [-0.39, 0.29) is 18.8 Å². The number of nitrogens with zero attached hydrogens (tertiary/aromatic N) is 1. The molecular formula is C14H22ClNO2. The van der Waals surface area contributed by atoms with Gasteiger partial charge in [0.1, 0.15) is 0 Å². The lowest BCUT2D eigenvalue weighted by molar-refractivity contribution is -0.137. The van der Waals surface area contributed by atoms with Crippen LogP contribution in [0.15, 0.2) is 24.3 Å². The largest absolute Gasteiger partial charge is 0.481 e. The Kier molecular flexibility index (Phi) is 8.42. The van der Waals surface area contributed by atoms with E-state index in [1.807, 2.05) is 6.07 Å². The van der Waals surface area contributed by atoms with Crippen molar-refractivity contribution in [2.45, 2.75) is 32.7 Å². The first-order valence-corrected chi connectivity index (χ1v) is 6.04. The molecule has 0 bridgehead atoms. The van der Waals surface area contributed by atoms with Gasteiger partial charge in [-0.05, 0) is 44.5 Å². The molecule has 0 amide bonds. The summed E-state index contributed by atoms with van der Waals surface area (Å²) in [6, 6.07) is 8.36. The van der Waals surface area contributed by atoms with Crippen LogP contribution in [-0.2, 0) is 11.3 Å². The van der Waals surface area contributed by atoms with Crippen molar-refractivity contribution in [2.75, 3.05) is 13.6 Å². The van der Waals surface area contributed by atoms with E-state index in [2.05, 4.69) is 37.1 Å². The molecule has 102 valence electrons. The molecule has 0 unspecified atom stereocenters. The number of carboxylic acids is 1. The molecule has 4 heteroatoms. The molecule has 0 aliphatic carbocycles. The molecule has 0 spiro atoms. The molecule has 1 aromatic rings. The van der Waals surface area contributed by atoms with Gasteiger partial charge in [-0.15, -0.1) is 12.4 Å². The molecule has 0 heterocycles. The topological polar surface area (TPSA) is 40.5 Å². The van der Waals surface area contributed by atoms with Gasteiger partial charge in [-0.1, -0.05) is 24.3 Å². The van der Waals surface area contributed by atoms with E-state index in [0.29, 0.717) is 0 Å². The first-order valence-electron chi connectivity index (χ1n) is 6.04. The number of unbranched alkanes of at least 4 members (excludes halogenated alkanes) is 1. The molecule has 0 aliphatic heterocycles. The van der Waals surface area contributed by atoms with Crippen LogP contribution < -0.4 is 0 Å². The summed E-state index contributed by atoms with van der Waals surface area (Å²) in [6.45, 7) is 4.00. The number of benzene rings is 1. The summed E-state index contributed by atoms with van der Waals surface area (Å²) in [5.41, 5.74) is 2.65. The molecule has 0 saturated carbocycles. The minimum atomic E-state index is -0.702. The molecule has 3 nitrogen and oxygen atoms in total. The summed E-state index contributed by atoms with van der Waals surface area (Å²) in [4.78, 5) is 12.6. The lowest BCUT2D eigenvalue weighted by Crippen LogP contribution is -2.19. The van der Waals surface area contributed by atoms with Gasteiger partial charge in [-0.3, -0.25) is 4.79 Å². The number of carbonyl (C=O) groups is 1. The third kappa shape index (κ3) is 6.62. The number of halogens is 1. The summed E-state index contributed by atoms with van der Waals surface area (Å²) in [7, 11) is 2.08. The van der Waals surface area contributed by atoms with E-state index in [4.69, 9.17) is 5.11 Å². The number of aryl methyl sites for hydroxylation is 1. The SMILES string of the molecule is Cc1ccccc1CN(C)CCCCC(=O)O.Cl. The maximum Gasteiger partial charge on any atom is 0.303 e. The van der Waals surface area contributed by atoms with Gasteiger partial charge in [0.2, 0.25) is 0 Å². The molecule has 0 saturated heterocycles.